The van der Waals surface area contributed by atoms with Crippen molar-refractivity contribution >= 4 is 29.2 Å². The molecule has 8 aromatic rings. The van der Waals surface area contributed by atoms with Crippen LogP contribution in [0.2, 0.25) is 0 Å². The summed E-state index contributed by atoms with van der Waals surface area (Å²) in [7, 11) is 0. The summed E-state index contributed by atoms with van der Waals surface area (Å²) in [6.07, 6.45) is 4.63. The molecule has 0 radical (unpaired) electrons. The lowest BCUT2D eigenvalue weighted by molar-refractivity contribution is 0.660. The highest BCUT2D eigenvalue weighted by Gasteiger charge is 2.46. The highest BCUT2D eigenvalue weighted by atomic mass is 15.1. The minimum atomic E-state index is -0.406. The van der Waals surface area contributed by atoms with E-state index in [1.807, 2.05) is 0 Å². The summed E-state index contributed by atoms with van der Waals surface area (Å²) in [5, 5.41) is 0. The van der Waals surface area contributed by atoms with Gasteiger partial charge in [-0.15, -0.1) is 0 Å². The summed E-state index contributed by atoms with van der Waals surface area (Å²) in [6, 6.07) is 73.2. The number of anilines is 3. The van der Waals surface area contributed by atoms with Crippen LogP contribution in [0.5, 0.6) is 0 Å². The van der Waals surface area contributed by atoms with Crippen LogP contribution in [0, 0.1) is 0 Å². The van der Waals surface area contributed by atoms with Crippen molar-refractivity contribution in [3.05, 3.63) is 245 Å². The molecule has 0 atom stereocenters. The SMILES string of the molecule is CC1(C)c2cc(/C=C/c3cccc4c3-c3ccccc3C4(c3ccccc3)c3ccccc3)ccc2-c2ccc(N(c3ccccc3)c3ccccc3)cc21. The van der Waals surface area contributed by atoms with Crippen LogP contribution in [-0.2, 0) is 10.8 Å². The third-order valence-corrected chi connectivity index (χ3v) is 11.9. The Bertz CT molecular complexity index is 2630. The summed E-state index contributed by atoms with van der Waals surface area (Å²) in [6.45, 7) is 4.75. The van der Waals surface area contributed by atoms with Gasteiger partial charge in [-0.05, 0) is 103 Å². The number of benzene rings is 8. The maximum Gasteiger partial charge on any atom is 0.0713 e. The molecule has 0 fully saturated rings. The van der Waals surface area contributed by atoms with Crippen LogP contribution in [0.1, 0.15) is 58.4 Å². The van der Waals surface area contributed by atoms with Gasteiger partial charge in [0.1, 0.15) is 0 Å². The van der Waals surface area contributed by atoms with Crippen LogP contribution in [0.4, 0.5) is 17.1 Å². The van der Waals surface area contributed by atoms with E-state index in [4.69, 9.17) is 0 Å². The fourth-order valence-electron chi connectivity index (χ4n) is 9.43. The standard InChI is InChI=1S/C54H41N/c1-53(2)50-36-38(31-34-45(50)46-35-33-44(37-51(46)53)55(42-23-11-5-12-24-42)43-25-13-6-14-26-43)30-32-39-18-17-29-49-52(39)47-27-15-16-28-48(47)54(49,40-19-7-3-8-20-40)41-21-9-4-10-22-41/h3-37H,1-2H3/b32-30+. The summed E-state index contributed by atoms with van der Waals surface area (Å²) in [5.74, 6) is 0. The lowest BCUT2D eigenvalue weighted by Gasteiger charge is -2.33. The first-order valence-corrected chi connectivity index (χ1v) is 19.3. The van der Waals surface area contributed by atoms with Crippen LogP contribution in [0.15, 0.2) is 200 Å². The number of hydrogen-bond donors (Lipinski definition) is 0. The molecule has 8 aromatic carbocycles. The third-order valence-electron chi connectivity index (χ3n) is 11.9. The van der Waals surface area contributed by atoms with Gasteiger partial charge in [-0.1, -0.05) is 190 Å². The molecule has 0 bridgehead atoms. The highest BCUT2D eigenvalue weighted by Crippen LogP contribution is 2.57. The molecule has 0 amide bonds. The number of nitrogens with zero attached hydrogens (tertiary/aromatic N) is 1. The van der Waals surface area contributed by atoms with E-state index in [1.54, 1.807) is 0 Å². The molecule has 0 N–H and O–H groups in total. The number of fused-ring (bicyclic) bond motifs is 6. The van der Waals surface area contributed by atoms with Crippen molar-refractivity contribution < 1.29 is 0 Å². The molecule has 2 aliphatic carbocycles. The topological polar surface area (TPSA) is 3.24 Å². The first kappa shape index (κ1) is 32.9. The monoisotopic (exact) mass is 703 g/mol. The predicted octanol–water partition coefficient (Wildman–Crippen LogP) is 14.0. The third kappa shape index (κ3) is 5.15. The van der Waals surface area contributed by atoms with Crippen molar-refractivity contribution in [2.75, 3.05) is 4.90 Å². The molecule has 0 aliphatic heterocycles. The highest BCUT2D eigenvalue weighted by molar-refractivity contribution is 5.93. The molecule has 55 heavy (non-hydrogen) atoms. The fraction of sp³-hybridized carbons (Fsp3) is 0.0741. The average Bonchev–Trinajstić information content (AvgIpc) is 3.67. The van der Waals surface area contributed by atoms with Crippen molar-refractivity contribution in [2.24, 2.45) is 0 Å². The Morgan fingerprint density at radius 2 is 0.909 bits per heavy atom. The Balaban J connectivity index is 1.05. The van der Waals surface area contributed by atoms with Crippen molar-refractivity contribution in [2.45, 2.75) is 24.7 Å². The zero-order chi connectivity index (χ0) is 37.0. The molecule has 0 saturated heterocycles. The Morgan fingerprint density at radius 1 is 0.382 bits per heavy atom. The van der Waals surface area contributed by atoms with Gasteiger partial charge in [0, 0.05) is 22.5 Å². The van der Waals surface area contributed by atoms with Gasteiger partial charge in [0.2, 0.25) is 0 Å². The van der Waals surface area contributed by atoms with E-state index >= 15 is 0 Å². The lowest BCUT2D eigenvalue weighted by Crippen LogP contribution is -2.28. The molecule has 262 valence electrons. The maximum absolute atomic E-state index is 2.41. The molecule has 1 heteroatoms. The first-order valence-electron chi connectivity index (χ1n) is 19.3. The molecule has 1 nitrogen and oxygen atoms in total. The smallest absolute Gasteiger partial charge is 0.0713 e. The van der Waals surface area contributed by atoms with E-state index in [9.17, 15) is 0 Å². The van der Waals surface area contributed by atoms with Gasteiger partial charge < -0.3 is 4.90 Å². The lowest BCUT2D eigenvalue weighted by atomic mass is 9.67. The Labute approximate surface area is 324 Å². The summed E-state index contributed by atoms with van der Waals surface area (Å²) in [5.41, 5.74) is 18.5. The average molecular weight is 704 g/mol. The van der Waals surface area contributed by atoms with Crippen LogP contribution in [0.3, 0.4) is 0 Å². The van der Waals surface area contributed by atoms with Crippen molar-refractivity contribution in [3.63, 3.8) is 0 Å². The van der Waals surface area contributed by atoms with Crippen LogP contribution < -0.4 is 4.90 Å². The van der Waals surface area contributed by atoms with E-state index in [2.05, 4.69) is 231 Å². The summed E-state index contributed by atoms with van der Waals surface area (Å²) in [4.78, 5) is 2.36. The predicted molar refractivity (Wildman–Crippen MR) is 231 cm³/mol. The van der Waals surface area contributed by atoms with Crippen molar-refractivity contribution in [1.82, 2.24) is 0 Å². The number of para-hydroxylation sites is 2. The molecule has 0 saturated carbocycles. The molecule has 0 unspecified atom stereocenters. The fourth-order valence-corrected chi connectivity index (χ4v) is 9.43. The second kappa shape index (κ2) is 13.0. The minimum absolute atomic E-state index is 0.165. The molecule has 0 spiro atoms. The zero-order valence-electron chi connectivity index (χ0n) is 31.2. The normalized spacial score (nSPS) is 14.2. The molecule has 0 aromatic heterocycles. The molecule has 10 rings (SSSR count). The molecular weight excluding hydrogens is 663 g/mol. The quantitative estimate of drug-likeness (QED) is 0.149. The van der Waals surface area contributed by atoms with E-state index in [0.717, 1.165) is 17.1 Å². The van der Waals surface area contributed by atoms with E-state index in [-0.39, 0.29) is 5.41 Å². The van der Waals surface area contributed by atoms with Gasteiger partial charge in [0.25, 0.3) is 0 Å². The molecule has 2 aliphatic rings. The van der Waals surface area contributed by atoms with Crippen LogP contribution >= 0.6 is 0 Å². The van der Waals surface area contributed by atoms with Gasteiger partial charge in [-0.3, -0.25) is 0 Å². The largest absolute Gasteiger partial charge is 0.310 e. The molecular formula is C54H41N. The van der Waals surface area contributed by atoms with Gasteiger partial charge in [-0.25, -0.2) is 0 Å². The van der Waals surface area contributed by atoms with Crippen LogP contribution in [-0.4, -0.2) is 0 Å². The van der Waals surface area contributed by atoms with Crippen molar-refractivity contribution in [1.29, 1.82) is 0 Å². The number of hydrogen-bond acceptors (Lipinski definition) is 1. The second-order valence-electron chi connectivity index (χ2n) is 15.3. The Morgan fingerprint density at radius 3 is 1.55 bits per heavy atom. The summed E-state index contributed by atoms with van der Waals surface area (Å²) >= 11 is 0. The molecule has 0 heterocycles. The van der Waals surface area contributed by atoms with E-state index < -0.39 is 5.41 Å². The van der Waals surface area contributed by atoms with E-state index in [0.29, 0.717) is 0 Å². The van der Waals surface area contributed by atoms with Crippen molar-refractivity contribution in [3.8, 4) is 22.3 Å². The van der Waals surface area contributed by atoms with Gasteiger partial charge in [-0.2, -0.15) is 0 Å². The maximum atomic E-state index is 2.41. The number of rotatable bonds is 7. The minimum Gasteiger partial charge on any atom is -0.310 e. The Kier molecular flexibility index (Phi) is 7.78. The van der Waals surface area contributed by atoms with Crippen LogP contribution in [0.25, 0.3) is 34.4 Å². The second-order valence-corrected chi connectivity index (χ2v) is 15.3. The van der Waals surface area contributed by atoms with Gasteiger partial charge >= 0.3 is 0 Å². The van der Waals surface area contributed by atoms with E-state index in [1.165, 1.54) is 66.8 Å². The first-order chi connectivity index (χ1) is 27.0. The van der Waals surface area contributed by atoms with Gasteiger partial charge in [0.05, 0.1) is 5.41 Å². The zero-order valence-corrected chi connectivity index (χ0v) is 31.2. The summed E-state index contributed by atoms with van der Waals surface area (Å²) < 4.78 is 0. The van der Waals surface area contributed by atoms with Gasteiger partial charge in [0.15, 0.2) is 0 Å². The Hall–Kier alpha value is -6.70.